The highest BCUT2D eigenvalue weighted by atomic mass is 35.5. The van der Waals surface area contributed by atoms with E-state index in [9.17, 15) is 10.2 Å². The maximum atomic E-state index is 18.0. The Morgan fingerprint density at radius 1 is 0.663 bits per heavy atom. The number of piperidine rings is 4. The van der Waals surface area contributed by atoms with Crippen molar-refractivity contribution >= 4 is 66.6 Å². The number of fused-ring (bicyclic) bond motifs is 10. The van der Waals surface area contributed by atoms with Crippen LogP contribution in [0.5, 0.6) is 23.5 Å². The Morgan fingerprint density at radius 3 is 1.94 bits per heavy atom. The van der Waals surface area contributed by atoms with Crippen molar-refractivity contribution in [2.24, 2.45) is 10.8 Å². The minimum absolute atomic E-state index is 0.0155. The van der Waals surface area contributed by atoms with Gasteiger partial charge in [0.15, 0.2) is 11.6 Å². The van der Waals surface area contributed by atoms with Crippen LogP contribution >= 0.6 is 11.6 Å². The van der Waals surface area contributed by atoms with E-state index in [-0.39, 0.29) is 116 Å². The fourth-order valence-electron chi connectivity index (χ4n) is 15.3. The molecule has 432 valence electrons. The molecule has 83 heavy (non-hydrogen) atoms. The zero-order valence-electron chi connectivity index (χ0n) is 47.7. The lowest BCUT2D eigenvalue weighted by atomic mass is 9.84. The summed E-state index contributed by atoms with van der Waals surface area (Å²) in [6.07, 6.45) is 7.37. The minimum Gasteiger partial charge on any atom is -0.508 e. The maximum Gasteiger partial charge on any atom is 0.319 e. The van der Waals surface area contributed by atoms with Gasteiger partial charge in [-0.2, -0.15) is 19.9 Å². The van der Waals surface area contributed by atoms with E-state index in [1.165, 1.54) is 18.2 Å². The van der Waals surface area contributed by atoms with Gasteiger partial charge >= 0.3 is 12.0 Å². The number of aromatic hydroxyl groups is 2. The first-order valence-electron chi connectivity index (χ1n) is 29.5. The van der Waals surface area contributed by atoms with E-state index in [1.54, 1.807) is 18.2 Å². The summed E-state index contributed by atoms with van der Waals surface area (Å²) in [5.74, 6) is -1.58. The summed E-state index contributed by atoms with van der Waals surface area (Å²) < 4.78 is 66.4. The van der Waals surface area contributed by atoms with Crippen LogP contribution < -0.4 is 29.9 Å². The molecule has 8 fully saturated rings. The number of benzene rings is 6. The fourth-order valence-corrected chi connectivity index (χ4v) is 15.6. The van der Waals surface area contributed by atoms with Crippen LogP contribution in [-0.2, 0) is 0 Å². The number of anilines is 2. The van der Waals surface area contributed by atoms with Gasteiger partial charge in [0.25, 0.3) is 0 Å². The molecule has 3 unspecified atom stereocenters. The molecule has 8 aliphatic rings. The van der Waals surface area contributed by atoms with Gasteiger partial charge in [-0.05, 0) is 167 Å². The summed E-state index contributed by atoms with van der Waals surface area (Å²) >= 11 is 7.13. The first-order valence-corrected chi connectivity index (χ1v) is 29.8. The smallest absolute Gasteiger partial charge is 0.319 e. The lowest BCUT2D eigenvalue weighted by Crippen LogP contribution is -2.67. The monoisotopic (exact) mass is 1150 g/mol. The lowest BCUT2D eigenvalue weighted by molar-refractivity contribution is 0.178. The molecule has 6 saturated heterocycles. The molecular weight excluding hydrogens is 1080 g/mol. The van der Waals surface area contributed by atoms with Crippen LogP contribution in [0.25, 0.3) is 65.6 Å². The molecule has 0 spiro atoms. The summed E-state index contributed by atoms with van der Waals surface area (Å²) in [4.78, 5) is 28.6. The average molecular weight is 1150 g/mol. The molecule has 2 aliphatic carbocycles. The third-order valence-corrected chi connectivity index (χ3v) is 19.6. The first kappa shape index (κ1) is 54.2. The second-order valence-corrected chi connectivity index (χ2v) is 25.8. The summed E-state index contributed by atoms with van der Waals surface area (Å²) in [7, 11) is 8.09. The number of phenolic OH excluding ortho intramolecular Hbond substituents is 2. The number of ether oxygens (including phenoxy) is 2. The maximum absolute atomic E-state index is 18.0. The number of phenols is 2. The van der Waals surface area contributed by atoms with E-state index >= 15 is 13.2 Å². The number of rotatable bonds is 16. The van der Waals surface area contributed by atoms with Gasteiger partial charge in [0.2, 0.25) is 0 Å². The van der Waals surface area contributed by atoms with Gasteiger partial charge in [0, 0.05) is 89.6 Å². The standard InChI is InChI=1S/C65H70ClF3N10O4/c1-7-53-52-18-16-37(29-71-52)79(53)61-47-26-50(67)55(57(69)59(47)73-62(75-61)82-32-64(19-20-64)30-76(3)4)45-24-39(81)22-43-41(45)13-10-14-42(43)48-27-65(48,31-77(5)6)33-83-63-72-58-46(60(74-63)78-34(2)51-17-15-36(78)28-70-51)25-49(66)54(56(58)68)44-23-38(80)21-35-11-8-9-12-40(35)44/h8-14,21-26,34,36-37,48,51-53,70-71,80-81H,7,15-20,27-33H2,1-6H3/t34?,36-,37-,48?,51-,52-,53-,65?/m0/s1. The molecule has 6 aliphatic heterocycles. The zero-order valence-corrected chi connectivity index (χ0v) is 48.5. The van der Waals surface area contributed by atoms with Crippen LogP contribution in [0.2, 0.25) is 5.02 Å². The van der Waals surface area contributed by atoms with Crippen molar-refractivity contribution in [3.63, 3.8) is 0 Å². The predicted octanol–water partition coefficient (Wildman–Crippen LogP) is 11.6. The minimum atomic E-state index is -0.853. The molecule has 16 rings (SSSR count). The predicted molar refractivity (Wildman–Crippen MR) is 321 cm³/mol. The van der Waals surface area contributed by atoms with E-state index in [2.05, 4.69) is 44.1 Å². The van der Waals surface area contributed by atoms with Crippen LogP contribution in [0.3, 0.4) is 0 Å². The highest BCUT2D eigenvalue weighted by molar-refractivity contribution is 6.35. The van der Waals surface area contributed by atoms with Crippen LogP contribution in [-0.4, -0.2) is 144 Å². The van der Waals surface area contributed by atoms with Crippen molar-refractivity contribution in [1.29, 1.82) is 0 Å². The summed E-state index contributed by atoms with van der Waals surface area (Å²) in [5.41, 5.74) is 0.774. The SMILES string of the molecule is CC[C@H]1[C@@H]2CC[C@@H](CN2)N1c1nc(OCC2(CN(C)C)CC2)nc2c(F)c(-c3cc(O)cc4c(C5CC5(COc5nc(N6C(C)[C@@H]7CC[C@H]6CN7)c6cc(Cl)c(-c7cc(O)cc8ccccc78)c(F)c6n5)CN(C)C)cccc34)c(F)cc12. The molecule has 6 aromatic carbocycles. The Kier molecular flexibility index (Phi) is 13.4. The van der Waals surface area contributed by atoms with E-state index < -0.39 is 22.9 Å². The normalized spacial score (nSPS) is 25.2. The van der Waals surface area contributed by atoms with Crippen LogP contribution in [0.4, 0.5) is 24.8 Å². The Hall–Kier alpha value is -6.76. The van der Waals surface area contributed by atoms with Crippen molar-refractivity contribution in [1.82, 2.24) is 40.4 Å². The van der Waals surface area contributed by atoms with Gasteiger partial charge < -0.3 is 49.9 Å². The molecule has 4 bridgehead atoms. The van der Waals surface area contributed by atoms with Crippen molar-refractivity contribution in [3.05, 3.63) is 107 Å². The van der Waals surface area contributed by atoms with Gasteiger partial charge in [0.1, 0.15) is 40.0 Å². The molecule has 4 N–H and O–H groups in total. The molecule has 18 heteroatoms. The van der Waals surface area contributed by atoms with E-state index in [0.717, 1.165) is 80.9 Å². The van der Waals surface area contributed by atoms with Crippen LogP contribution in [0, 0.1) is 28.3 Å². The summed E-state index contributed by atoms with van der Waals surface area (Å²) in [6.45, 7) is 7.73. The quantitative estimate of drug-likeness (QED) is 0.0727. The Balaban J connectivity index is 0.844. The topological polar surface area (TPSA) is 148 Å². The largest absolute Gasteiger partial charge is 0.508 e. The molecular formula is C65H70ClF3N10O4. The Labute approximate surface area is 486 Å². The second kappa shape index (κ2) is 20.5. The summed E-state index contributed by atoms with van der Waals surface area (Å²) in [6, 6.07) is 23.4. The average Bonchev–Trinajstić information content (AvgIpc) is 2.82. The number of piperazine rings is 2. The van der Waals surface area contributed by atoms with Crippen LogP contribution in [0.1, 0.15) is 76.7 Å². The number of aromatic nitrogens is 4. The van der Waals surface area contributed by atoms with Crippen LogP contribution in [0.15, 0.2) is 78.9 Å². The van der Waals surface area contributed by atoms with Crippen molar-refractivity contribution in [3.8, 4) is 45.8 Å². The lowest BCUT2D eigenvalue weighted by Gasteiger charge is -2.52. The third-order valence-electron chi connectivity index (χ3n) is 19.3. The van der Waals surface area contributed by atoms with Crippen molar-refractivity contribution in [2.75, 3.05) is 77.4 Å². The van der Waals surface area contributed by atoms with Gasteiger partial charge in [-0.25, -0.2) is 13.2 Å². The number of hydrogen-bond donors (Lipinski definition) is 4. The summed E-state index contributed by atoms with van der Waals surface area (Å²) in [5, 5.41) is 33.5. The molecule has 8 atom stereocenters. The van der Waals surface area contributed by atoms with Gasteiger partial charge in [-0.15, -0.1) is 0 Å². The zero-order chi connectivity index (χ0) is 57.4. The van der Waals surface area contributed by atoms with E-state index in [0.29, 0.717) is 52.9 Å². The Bertz CT molecular complexity index is 3910. The Morgan fingerprint density at radius 2 is 1.28 bits per heavy atom. The molecule has 2 aromatic heterocycles. The highest BCUT2D eigenvalue weighted by Gasteiger charge is 2.56. The van der Waals surface area contributed by atoms with E-state index in [4.69, 9.17) is 41.0 Å². The number of nitrogens with one attached hydrogen (secondary N) is 2. The van der Waals surface area contributed by atoms with Gasteiger partial charge in [-0.3, -0.25) is 0 Å². The third kappa shape index (κ3) is 9.31. The first-order chi connectivity index (χ1) is 40.0. The van der Waals surface area contributed by atoms with E-state index in [1.807, 2.05) is 70.7 Å². The molecule has 0 amide bonds. The second-order valence-electron chi connectivity index (χ2n) is 25.4. The van der Waals surface area contributed by atoms with Gasteiger partial charge in [-0.1, -0.05) is 61.0 Å². The molecule has 0 radical (unpaired) electrons. The van der Waals surface area contributed by atoms with Gasteiger partial charge in [0.05, 0.1) is 23.8 Å². The number of halogens is 4. The molecule has 2 saturated carbocycles. The molecule has 14 nitrogen and oxygen atoms in total. The molecule has 8 heterocycles. The van der Waals surface area contributed by atoms with Crippen molar-refractivity contribution in [2.45, 2.75) is 107 Å². The molecule has 8 aromatic rings. The van der Waals surface area contributed by atoms with Crippen molar-refractivity contribution < 1.29 is 32.9 Å². The highest BCUT2D eigenvalue weighted by Crippen LogP contribution is 2.61. The number of hydrogen-bond acceptors (Lipinski definition) is 14. The fraction of sp³-hybridized carbons (Fsp3) is 0.446. The number of nitrogens with zero attached hydrogens (tertiary/aromatic N) is 8.